The Morgan fingerprint density at radius 3 is 2.27 bits per heavy atom. The molecule has 0 aromatic carbocycles. The lowest BCUT2D eigenvalue weighted by Crippen LogP contribution is -2.37. The van der Waals surface area contributed by atoms with Crippen LogP contribution in [0.5, 0.6) is 0 Å². The van der Waals surface area contributed by atoms with Gasteiger partial charge in [0.2, 0.25) is 0 Å². The first-order valence-electron chi connectivity index (χ1n) is 6.36. The fourth-order valence-electron chi connectivity index (χ4n) is 2.74. The van der Waals surface area contributed by atoms with Crippen LogP contribution in [0.4, 0.5) is 0 Å². The molecule has 1 aliphatic carbocycles. The van der Waals surface area contributed by atoms with Gasteiger partial charge in [-0.25, -0.2) is 0 Å². The van der Waals surface area contributed by atoms with Crippen molar-refractivity contribution in [1.82, 2.24) is 0 Å². The molecule has 0 aromatic rings. The van der Waals surface area contributed by atoms with Gasteiger partial charge in [0.1, 0.15) is 0 Å². The van der Waals surface area contributed by atoms with Gasteiger partial charge < -0.3 is 9.84 Å². The van der Waals surface area contributed by atoms with Crippen LogP contribution in [0.15, 0.2) is 0 Å². The van der Waals surface area contributed by atoms with Gasteiger partial charge in [-0.3, -0.25) is 0 Å². The minimum absolute atomic E-state index is 0.0627. The van der Waals surface area contributed by atoms with Crippen molar-refractivity contribution in [2.75, 3.05) is 7.11 Å². The van der Waals surface area contributed by atoms with Crippen LogP contribution in [0.3, 0.4) is 0 Å². The van der Waals surface area contributed by atoms with Crippen LogP contribution < -0.4 is 0 Å². The smallest absolute Gasteiger partial charge is 0.0858 e. The molecule has 1 fully saturated rings. The fourth-order valence-corrected chi connectivity index (χ4v) is 2.74. The van der Waals surface area contributed by atoms with Crippen molar-refractivity contribution in [3.63, 3.8) is 0 Å². The molecule has 0 spiro atoms. The van der Waals surface area contributed by atoms with E-state index in [1.807, 2.05) is 0 Å². The Labute approximate surface area is 94.0 Å². The van der Waals surface area contributed by atoms with E-state index in [1.165, 1.54) is 32.1 Å². The standard InChI is InChI=1S/C13H26O2/c1-10(2)9-12(14)13(15-3)11-7-5-4-6-8-11/h10-14H,4-9H2,1-3H3. The number of aliphatic hydroxyl groups excluding tert-OH is 1. The van der Waals surface area contributed by atoms with Gasteiger partial charge in [0.25, 0.3) is 0 Å². The van der Waals surface area contributed by atoms with E-state index in [0.717, 1.165) is 6.42 Å². The molecular formula is C13H26O2. The van der Waals surface area contributed by atoms with Crippen LogP contribution in [0.25, 0.3) is 0 Å². The molecule has 1 aliphatic rings. The molecule has 2 unspecified atom stereocenters. The second-order valence-electron chi connectivity index (χ2n) is 5.30. The summed E-state index contributed by atoms with van der Waals surface area (Å²) in [5, 5.41) is 10.1. The minimum Gasteiger partial charge on any atom is -0.390 e. The predicted molar refractivity (Wildman–Crippen MR) is 62.8 cm³/mol. The van der Waals surface area contributed by atoms with E-state index in [4.69, 9.17) is 4.74 Å². The van der Waals surface area contributed by atoms with E-state index in [9.17, 15) is 5.11 Å². The van der Waals surface area contributed by atoms with Crippen LogP contribution in [-0.4, -0.2) is 24.4 Å². The quantitative estimate of drug-likeness (QED) is 0.762. The monoisotopic (exact) mass is 214 g/mol. The van der Waals surface area contributed by atoms with E-state index in [0.29, 0.717) is 11.8 Å². The summed E-state index contributed by atoms with van der Waals surface area (Å²) in [6, 6.07) is 0. The number of rotatable bonds is 5. The van der Waals surface area contributed by atoms with Crippen molar-refractivity contribution in [3.8, 4) is 0 Å². The summed E-state index contributed by atoms with van der Waals surface area (Å²) in [4.78, 5) is 0. The van der Waals surface area contributed by atoms with Gasteiger partial charge in [-0.1, -0.05) is 33.1 Å². The highest BCUT2D eigenvalue weighted by Crippen LogP contribution is 2.30. The van der Waals surface area contributed by atoms with Crippen molar-refractivity contribution in [2.45, 2.75) is 64.6 Å². The summed E-state index contributed by atoms with van der Waals surface area (Å²) in [7, 11) is 1.74. The lowest BCUT2D eigenvalue weighted by atomic mass is 9.82. The number of methoxy groups -OCH3 is 1. The first-order chi connectivity index (χ1) is 7.15. The molecular weight excluding hydrogens is 188 g/mol. The highest BCUT2D eigenvalue weighted by molar-refractivity contribution is 4.80. The van der Waals surface area contributed by atoms with E-state index in [1.54, 1.807) is 7.11 Å². The maximum absolute atomic E-state index is 10.1. The zero-order chi connectivity index (χ0) is 11.3. The van der Waals surface area contributed by atoms with Crippen molar-refractivity contribution in [1.29, 1.82) is 0 Å². The lowest BCUT2D eigenvalue weighted by Gasteiger charge is -2.33. The maximum atomic E-state index is 10.1. The van der Waals surface area contributed by atoms with Crippen molar-refractivity contribution in [3.05, 3.63) is 0 Å². The molecule has 90 valence electrons. The molecule has 0 aromatic heterocycles. The van der Waals surface area contributed by atoms with Crippen LogP contribution in [0, 0.1) is 11.8 Å². The molecule has 1 rings (SSSR count). The molecule has 0 heterocycles. The van der Waals surface area contributed by atoms with Crippen LogP contribution in [0.1, 0.15) is 52.4 Å². The summed E-state index contributed by atoms with van der Waals surface area (Å²) in [6.07, 6.45) is 7.06. The van der Waals surface area contributed by atoms with Crippen LogP contribution >= 0.6 is 0 Å². The highest BCUT2D eigenvalue weighted by Gasteiger charge is 2.29. The van der Waals surface area contributed by atoms with Crippen molar-refractivity contribution < 1.29 is 9.84 Å². The third-order valence-corrected chi connectivity index (χ3v) is 3.48. The first-order valence-corrected chi connectivity index (χ1v) is 6.36. The zero-order valence-corrected chi connectivity index (χ0v) is 10.4. The molecule has 2 nitrogen and oxygen atoms in total. The molecule has 0 saturated heterocycles. The Balaban J connectivity index is 2.45. The summed E-state index contributed by atoms with van der Waals surface area (Å²) in [6.45, 7) is 4.30. The molecule has 0 aliphatic heterocycles. The van der Waals surface area contributed by atoms with Gasteiger partial charge in [-0.2, -0.15) is 0 Å². The third kappa shape index (κ3) is 4.12. The maximum Gasteiger partial charge on any atom is 0.0858 e. The first kappa shape index (κ1) is 13.0. The largest absolute Gasteiger partial charge is 0.390 e. The molecule has 2 heteroatoms. The SMILES string of the molecule is COC(C(O)CC(C)C)C1CCCCC1. The Kier molecular flexibility index (Phi) is 5.62. The average Bonchev–Trinajstić information content (AvgIpc) is 2.19. The van der Waals surface area contributed by atoms with E-state index in [-0.39, 0.29) is 12.2 Å². The Bertz CT molecular complexity index is 162. The Morgan fingerprint density at radius 1 is 1.20 bits per heavy atom. The molecule has 1 saturated carbocycles. The number of hydrogen-bond acceptors (Lipinski definition) is 2. The zero-order valence-electron chi connectivity index (χ0n) is 10.4. The molecule has 2 atom stereocenters. The summed E-state index contributed by atoms with van der Waals surface area (Å²) >= 11 is 0. The van der Waals surface area contributed by atoms with Gasteiger partial charge in [-0.05, 0) is 31.1 Å². The predicted octanol–water partition coefficient (Wildman–Crippen LogP) is 2.99. The summed E-state index contributed by atoms with van der Waals surface area (Å²) in [5.74, 6) is 1.12. The topological polar surface area (TPSA) is 29.5 Å². The number of hydrogen-bond donors (Lipinski definition) is 1. The van der Waals surface area contributed by atoms with E-state index >= 15 is 0 Å². The van der Waals surface area contributed by atoms with E-state index in [2.05, 4.69) is 13.8 Å². The second kappa shape index (κ2) is 6.49. The fraction of sp³-hybridized carbons (Fsp3) is 1.00. The summed E-state index contributed by atoms with van der Waals surface area (Å²) < 4.78 is 5.50. The Hall–Kier alpha value is -0.0800. The second-order valence-corrected chi connectivity index (χ2v) is 5.30. The molecule has 15 heavy (non-hydrogen) atoms. The molecule has 0 amide bonds. The average molecular weight is 214 g/mol. The van der Waals surface area contributed by atoms with Gasteiger partial charge >= 0.3 is 0 Å². The normalized spacial score (nSPS) is 23.0. The van der Waals surface area contributed by atoms with Gasteiger partial charge in [0.05, 0.1) is 12.2 Å². The van der Waals surface area contributed by atoms with Crippen molar-refractivity contribution in [2.24, 2.45) is 11.8 Å². The van der Waals surface area contributed by atoms with Gasteiger partial charge in [-0.15, -0.1) is 0 Å². The van der Waals surface area contributed by atoms with Crippen LogP contribution in [-0.2, 0) is 4.74 Å². The van der Waals surface area contributed by atoms with Crippen molar-refractivity contribution >= 4 is 0 Å². The van der Waals surface area contributed by atoms with E-state index < -0.39 is 0 Å². The number of ether oxygens (including phenoxy) is 1. The number of aliphatic hydroxyl groups is 1. The molecule has 0 radical (unpaired) electrons. The Morgan fingerprint density at radius 2 is 1.80 bits per heavy atom. The van der Waals surface area contributed by atoms with Gasteiger partial charge in [0.15, 0.2) is 0 Å². The molecule has 0 bridgehead atoms. The lowest BCUT2D eigenvalue weighted by molar-refractivity contribution is -0.0611. The summed E-state index contributed by atoms with van der Waals surface area (Å²) in [5.41, 5.74) is 0. The third-order valence-electron chi connectivity index (χ3n) is 3.48. The minimum atomic E-state index is -0.280. The van der Waals surface area contributed by atoms with Crippen LogP contribution in [0.2, 0.25) is 0 Å². The molecule has 1 N–H and O–H groups in total. The highest BCUT2D eigenvalue weighted by atomic mass is 16.5. The van der Waals surface area contributed by atoms with Gasteiger partial charge in [0, 0.05) is 7.11 Å².